The maximum absolute atomic E-state index is 13.2. The van der Waals surface area contributed by atoms with Crippen LogP contribution in [0.2, 0.25) is 5.02 Å². The van der Waals surface area contributed by atoms with Crippen molar-refractivity contribution in [2.24, 2.45) is 5.41 Å². The van der Waals surface area contributed by atoms with E-state index in [2.05, 4.69) is 39.6 Å². The summed E-state index contributed by atoms with van der Waals surface area (Å²) in [7, 11) is 5.39. The van der Waals surface area contributed by atoms with Crippen LogP contribution >= 0.6 is 11.6 Å². The van der Waals surface area contributed by atoms with Crippen LogP contribution in [0.15, 0.2) is 48.4 Å². The SMILES string of the molecule is C=CC(C(=O)Nc1cn(CC(=O)N2CC3(CCN(C)CC3)C2)nc1-c1cc(Cl)ccc1OC(F)F)=C(NC)NC. The Labute approximate surface area is 237 Å². The van der Waals surface area contributed by atoms with Gasteiger partial charge in [0.2, 0.25) is 5.91 Å². The molecule has 0 saturated carbocycles. The number of hydrogen-bond acceptors (Lipinski definition) is 7. The lowest BCUT2D eigenvalue weighted by molar-refractivity contribution is -0.147. The molecule has 2 fully saturated rings. The van der Waals surface area contributed by atoms with Gasteiger partial charge in [-0.1, -0.05) is 24.3 Å². The van der Waals surface area contributed by atoms with Crippen molar-refractivity contribution >= 4 is 29.1 Å². The van der Waals surface area contributed by atoms with Gasteiger partial charge in [0.15, 0.2) is 0 Å². The Hall–Kier alpha value is -3.64. The smallest absolute Gasteiger partial charge is 0.387 e. The fraction of sp³-hybridized carbons (Fsp3) is 0.444. The number of nitrogens with one attached hydrogen (secondary N) is 3. The molecule has 2 aliphatic rings. The number of rotatable bonds is 10. The zero-order valence-corrected chi connectivity index (χ0v) is 23.5. The van der Waals surface area contributed by atoms with E-state index < -0.39 is 12.5 Å². The molecule has 216 valence electrons. The summed E-state index contributed by atoms with van der Waals surface area (Å²) in [4.78, 5) is 30.4. The van der Waals surface area contributed by atoms with Crippen molar-refractivity contribution < 1.29 is 23.1 Å². The molecule has 1 aromatic carbocycles. The van der Waals surface area contributed by atoms with Gasteiger partial charge in [0.1, 0.15) is 23.8 Å². The summed E-state index contributed by atoms with van der Waals surface area (Å²) in [6, 6.07) is 4.13. The second-order valence-electron chi connectivity index (χ2n) is 10.1. The summed E-state index contributed by atoms with van der Waals surface area (Å²) in [5.74, 6) is -0.414. The van der Waals surface area contributed by atoms with Gasteiger partial charge in [-0.25, -0.2) is 0 Å². The molecule has 1 spiro atoms. The summed E-state index contributed by atoms with van der Waals surface area (Å²) < 4.78 is 32.5. The van der Waals surface area contributed by atoms with Crippen LogP contribution in [0.25, 0.3) is 11.3 Å². The summed E-state index contributed by atoms with van der Waals surface area (Å²) in [6.45, 7) is 3.94. The Kier molecular flexibility index (Phi) is 8.99. The summed E-state index contributed by atoms with van der Waals surface area (Å²) in [5.41, 5.74) is 0.813. The highest BCUT2D eigenvalue weighted by Gasteiger charge is 2.46. The molecule has 0 aliphatic carbocycles. The van der Waals surface area contributed by atoms with Crippen LogP contribution in [-0.2, 0) is 16.1 Å². The molecule has 0 unspecified atom stereocenters. The number of anilines is 1. The van der Waals surface area contributed by atoms with Gasteiger partial charge in [-0.3, -0.25) is 14.3 Å². The van der Waals surface area contributed by atoms with Gasteiger partial charge >= 0.3 is 6.61 Å². The number of aromatic nitrogens is 2. The lowest BCUT2D eigenvalue weighted by Gasteiger charge is -2.53. The van der Waals surface area contributed by atoms with Crippen LogP contribution in [0.1, 0.15) is 12.8 Å². The number of nitrogens with zero attached hydrogens (tertiary/aromatic N) is 4. The van der Waals surface area contributed by atoms with Gasteiger partial charge in [0, 0.05) is 49.4 Å². The number of carbonyl (C=O) groups excluding carboxylic acids is 2. The fourth-order valence-electron chi connectivity index (χ4n) is 5.16. The second-order valence-corrected chi connectivity index (χ2v) is 10.5. The minimum Gasteiger partial charge on any atom is -0.434 e. The van der Waals surface area contributed by atoms with E-state index in [1.54, 1.807) is 19.0 Å². The first-order valence-corrected chi connectivity index (χ1v) is 13.3. The monoisotopic (exact) mass is 577 g/mol. The summed E-state index contributed by atoms with van der Waals surface area (Å²) in [6.07, 6.45) is 4.97. The van der Waals surface area contributed by atoms with Crippen LogP contribution in [-0.4, -0.2) is 85.3 Å². The number of benzene rings is 1. The van der Waals surface area contributed by atoms with E-state index in [0.717, 1.165) is 25.9 Å². The first-order valence-electron chi connectivity index (χ1n) is 12.9. The molecule has 2 aromatic rings. The highest BCUT2D eigenvalue weighted by atomic mass is 35.5. The van der Waals surface area contributed by atoms with E-state index >= 15 is 0 Å². The van der Waals surface area contributed by atoms with E-state index in [1.165, 1.54) is 35.2 Å². The minimum atomic E-state index is -3.09. The zero-order chi connectivity index (χ0) is 29.0. The van der Waals surface area contributed by atoms with E-state index in [1.807, 2.05) is 0 Å². The van der Waals surface area contributed by atoms with Crippen molar-refractivity contribution in [2.45, 2.75) is 26.0 Å². The second kappa shape index (κ2) is 12.3. The largest absolute Gasteiger partial charge is 0.434 e. The van der Waals surface area contributed by atoms with Gasteiger partial charge in [-0.05, 0) is 51.2 Å². The van der Waals surface area contributed by atoms with E-state index in [9.17, 15) is 18.4 Å². The van der Waals surface area contributed by atoms with Crippen molar-refractivity contribution in [3.8, 4) is 17.0 Å². The molecule has 13 heteroatoms. The summed E-state index contributed by atoms with van der Waals surface area (Å²) >= 11 is 6.19. The van der Waals surface area contributed by atoms with Crippen molar-refractivity contribution in [3.05, 3.63) is 53.5 Å². The lowest BCUT2D eigenvalue weighted by atomic mass is 9.72. The van der Waals surface area contributed by atoms with Crippen LogP contribution in [0.4, 0.5) is 14.5 Å². The molecular formula is C27H34ClF2N7O3. The van der Waals surface area contributed by atoms with E-state index in [0.29, 0.717) is 18.9 Å². The Bertz CT molecular complexity index is 1290. The van der Waals surface area contributed by atoms with Crippen molar-refractivity contribution in [3.63, 3.8) is 0 Å². The van der Waals surface area contributed by atoms with Crippen molar-refractivity contribution in [1.29, 1.82) is 0 Å². The normalized spacial score (nSPS) is 16.3. The average molecular weight is 578 g/mol. The minimum absolute atomic E-state index is 0.0904. The molecule has 40 heavy (non-hydrogen) atoms. The standard InChI is InChI=1S/C27H34ClF2N7O3/c1-5-18(24(31-2)32-3)25(39)33-20-13-37(14-22(38)36-15-27(16-36)8-10-35(4)11-9-27)34-23(20)19-12-17(28)6-7-21(19)40-26(29)30/h5-7,12-13,26,31-32H,1,8-11,14-16H2,2-4H3,(H,33,39). The zero-order valence-electron chi connectivity index (χ0n) is 22.8. The Morgan fingerprint density at radius 3 is 2.50 bits per heavy atom. The number of amides is 2. The predicted octanol–water partition coefficient (Wildman–Crippen LogP) is 3.13. The maximum atomic E-state index is 13.2. The number of likely N-dealkylation sites (tertiary alicyclic amines) is 2. The number of piperidine rings is 1. The molecule has 1 aromatic heterocycles. The van der Waals surface area contributed by atoms with Crippen LogP contribution in [0.3, 0.4) is 0 Å². The third-order valence-electron chi connectivity index (χ3n) is 7.39. The first kappa shape index (κ1) is 29.3. The Balaban J connectivity index is 1.63. The van der Waals surface area contributed by atoms with Crippen LogP contribution in [0.5, 0.6) is 5.75 Å². The highest BCUT2D eigenvalue weighted by molar-refractivity contribution is 6.31. The van der Waals surface area contributed by atoms with E-state index in [4.69, 9.17) is 16.3 Å². The number of alkyl halides is 2. The topological polar surface area (TPSA) is 104 Å². The van der Waals surface area contributed by atoms with Gasteiger partial charge in [-0.2, -0.15) is 13.9 Å². The number of ether oxygens (including phenoxy) is 1. The average Bonchev–Trinajstić information content (AvgIpc) is 3.28. The van der Waals surface area contributed by atoms with Crippen LogP contribution in [0, 0.1) is 5.41 Å². The van der Waals surface area contributed by atoms with Gasteiger partial charge in [-0.15, -0.1) is 0 Å². The number of hydrogen-bond donors (Lipinski definition) is 3. The molecule has 4 rings (SSSR count). The third-order valence-corrected chi connectivity index (χ3v) is 7.63. The Morgan fingerprint density at radius 1 is 1.23 bits per heavy atom. The van der Waals surface area contributed by atoms with Crippen LogP contribution < -0.4 is 20.7 Å². The van der Waals surface area contributed by atoms with Crippen molar-refractivity contribution in [1.82, 2.24) is 30.2 Å². The summed E-state index contributed by atoms with van der Waals surface area (Å²) in [5, 5.41) is 13.3. The number of carbonyl (C=O) groups is 2. The lowest BCUT2D eigenvalue weighted by Crippen LogP contribution is -2.62. The predicted molar refractivity (Wildman–Crippen MR) is 149 cm³/mol. The van der Waals surface area contributed by atoms with Gasteiger partial charge in [0.25, 0.3) is 5.91 Å². The maximum Gasteiger partial charge on any atom is 0.387 e. The first-order chi connectivity index (χ1) is 19.1. The molecule has 0 bridgehead atoms. The van der Waals surface area contributed by atoms with Gasteiger partial charge in [0.05, 0.1) is 11.3 Å². The Morgan fingerprint density at radius 2 is 1.90 bits per heavy atom. The molecule has 10 nitrogen and oxygen atoms in total. The van der Waals surface area contributed by atoms with E-state index in [-0.39, 0.29) is 51.2 Å². The molecule has 2 aliphatic heterocycles. The molecule has 0 radical (unpaired) electrons. The molecule has 2 saturated heterocycles. The third kappa shape index (κ3) is 6.39. The molecule has 2 amide bonds. The number of halogens is 3. The van der Waals surface area contributed by atoms with Crippen molar-refractivity contribution in [2.75, 3.05) is 52.6 Å². The molecule has 0 atom stereocenters. The molecule has 3 heterocycles. The molecular weight excluding hydrogens is 544 g/mol. The fourth-order valence-corrected chi connectivity index (χ4v) is 5.33. The van der Waals surface area contributed by atoms with Gasteiger partial charge < -0.3 is 30.5 Å². The quantitative estimate of drug-likeness (QED) is 0.294. The molecule has 3 N–H and O–H groups in total. The highest BCUT2D eigenvalue weighted by Crippen LogP contribution is 2.41.